The Kier molecular flexibility index (Phi) is 3.16. The molecule has 0 unspecified atom stereocenters. The summed E-state index contributed by atoms with van der Waals surface area (Å²) in [5.74, 6) is 0.594. The Morgan fingerprint density at radius 3 is 3.06 bits per heavy atom. The third-order valence-electron chi connectivity index (χ3n) is 2.05. The SMILES string of the molecule is Cc1cc(OCCn2cc(CN)nn2)n[nH]1. The van der Waals surface area contributed by atoms with Crippen molar-refractivity contribution in [1.82, 2.24) is 25.2 Å². The molecule has 0 aliphatic rings. The monoisotopic (exact) mass is 222 g/mol. The highest BCUT2D eigenvalue weighted by Gasteiger charge is 2.00. The lowest BCUT2D eigenvalue weighted by Gasteiger charge is -2.01. The van der Waals surface area contributed by atoms with Gasteiger partial charge in [-0.1, -0.05) is 5.21 Å². The molecule has 0 saturated heterocycles. The van der Waals surface area contributed by atoms with Gasteiger partial charge in [-0.3, -0.25) is 5.10 Å². The molecule has 0 fully saturated rings. The van der Waals surface area contributed by atoms with E-state index in [1.54, 1.807) is 10.9 Å². The fourth-order valence-electron chi connectivity index (χ4n) is 1.25. The van der Waals surface area contributed by atoms with Crippen LogP contribution in [0.2, 0.25) is 0 Å². The number of H-pyrrole nitrogens is 1. The molecule has 3 N–H and O–H groups in total. The van der Waals surface area contributed by atoms with Crippen LogP contribution in [0.4, 0.5) is 0 Å². The van der Waals surface area contributed by atoms with Crippen LogP contribution in [0.1, 0.15) is 11.4 Å². The molecule has 86 valence electrons. The summed E-state index contributed by atoms with van der Waals surface area (Å²) < 4.78 is 7.11. The number of aryl methyl sites for hydroxylation is 1. The van der Waals surface area contributed by atoms with Crippen molar-refractivity contribution in [3.63, 3.8) is 0 Å². The van der Waals surface area contributed by atoms with E-state index >= 15 is 0 Å². The molecule has 2 heterocycles. The normalized spacial score (nSPS) is 10.6. The van der Waals surface area contributed by atoms with Crippen molar-refractivity contribution >= 4 is 0 Å². The van der Waals surface area contributed by atoms with Gasteiger partial charge >= 0.3 is 0 Å². The van der Waals surface area contributed by atoms with E-state index in [0.717, 1.165) is 11.4 Å². The molecule has 0 bridgehead atoms. The molecule has 2 aromatic rings. The Morgan fingerprint density at radius 1 is 1.56 bits per heavy atom. The number of aromatic amines is 1. The minimum Gasteiger partial charge on any atom is -0.475 e. The highest BCUT2D eigenvalue weighted by Crippen LogP contribution is 2.06. The van der Waals surface area contributed by atoms with Gasteiger partial charge in [0.2, 0.25) is 5.88 Å². The van der Waals surface area contributed by atoms with E-state index in [1.165, 1.54) is 0 Å². The third kappa shape index (κ3) is 2.57. The average molecular weight is 222 g/mol. The zero-order valence-corrected chi connectivity index (χ0v) is 9.05. The third-order valence-corrected chi connectivity index (χ3v) is 2.05. The van der Waals surface area contributed by atoms with E-state index in [4.69, 9.17) is 10.5 Å². The minimum atomic E-state index is 0.402. The van der Waals surface area contributed by atoms with Crippen molar-refractivity contribution in [2.75, 3.05) is 6.61 Å². The summed E-state index contributed by atoms with van der Waals surface area (Å²) in [5, 5.41) is 14.5. The van der Waals surface area contributed by atoms with Crippen LogP contribution in [0.5, 0.6) is 5.88 Å². The smallest absolute Gasteiger partial charge is 0.232 e. The first-order valence-electron chi connectivity index (χ1n) is 5.02. The molecule has 16 heavy (non-hydrogen) atoms. The maximum atomic E-state index is 5.42. The predicted molar refractivity (Wildman–Crippen MR) is 56.7 cm³/mol. The quantitative estimate of drug-likeness (QED) is 0.733. The van der Waals surface area contributed by atoms with Gasteiger partial charge in [0.15, 0.2) is 0 Å². The van der Waals surface area contributed by atoms with Crippen molar-refractivity contribution in [2.24, 2.45) is 5.73 Å². The van der Waals surface area contributed by atoms with E-state index in [2.05, 4.69) is 20.5 Å². The summed E-state index contributed by atoms with van der Waals surface area (Å²) >= 11 is 0. The van der Waals surface area contributed by atoms with Crippen molar-refractivity contribution in [3.8, 4) is 5.88 Å². The van der Waals surface area contributed by atoms with Gasteiger partial charge in [0.25, 0.3) is 0 Å². The van der Waals surface area contributed by atoms with Crippen molar-refractivity contribution in [1.29, 1.82) is 0 Å². The van der Waals surface area contributed by atoms with E-state index in [1.807, 2.05) is 13.0 Å². The molecule has 0 aliphatic carbocycles. The molecule has 2 aromatic heterocycles. The van der Waals surface area contributed by atoms with Gasteiger partial charge in [0, 0.05) is 24.5 Å². The van der Waals surface area contributed by atoms with E-state index < -0.39 is 0 Å². The molecular weight excluding hydrogens is 208 g/mol. The summed E-state index contributed by atoms with van der Waals surface area (Å²) in [5.41, 5.74) is 7.17. The zero-order valence-electron chi connectivity index (χ0n) is 9.05. The Balaban J connectivity index is 1.79. The minimum absolute atomic E-state index is 0.402. The summed E-state index contributed by atoms with van der Waals surface area (Å²) in [4.78, 5) is 0. The van der Waals surface area contributed by atoms with Crippen LogP contribution in [0, 0.1) is 6.92 Å². The molecule has 2 rings (SSSR count). The van der Waals surface area contributed by atoms with Gasteiger partial charge in [-0.15, -0.1) is 10.2 Å². The number of nitrogens with zero attached hydrogens (tertiary/aromatic N) is 4. The van der Waals surface area contributed by atoms with E-state index in [9.17, 15) is 0 Å². The number of nitrogens with one attached hydrogen (secondary N) is 1. The number of nitrogens with two attached hydrogens (primary N) is 1. The maximum Gasteiger partial charge on any atom is 0.232 e. The van der Waals surface area contributed by atoms with Gasteiger partial charge < -0.3 is 10.5 Å². The summed E-state index contributed by atoms with van der Waals surface area (Å²) in [6, 6.07) is 1.84. The first-order valence-corrected chi connectivity index (χ1v) is 5.02. The number of aromatic nitrogens is 5. The van der Waals surface area contributed by atoms with Crippen LogP contribution in [0.25, 0.3) is 0 Å². The number of ether oxygens (including phenoxy) is 1. The largest absolute Gasteiger partial charge is 0.475 e. The number of rotatable bonds is 5. The molecule has 0 saturated carbocycles. The summed E-state index contributed by atoms with van der Waals surface area (Å²) in [7, 11) is 0. The van der Waals surface area contributed by atoms with Gasteiger partial charge in [0.1, 0.15) is 6.61 Å². The van der Waals surface area contributed by atoms with Crippen molar-refractivity contribution < 1.29 is 4.74 Å². The topological polar surface area (TPSA) is 94.6 Å². The second-order valence-electron chi connectivity index (χ2n) is 3.41. The second kappa shape index (κ2) is 4.75. The maximum absolute atomic E-state index is 5.42. The van der Waals surface area contributed by atoms with Gasteiger partial charge in [0.05, 0.1) is 12.2 Å². The number of hydrogen-bond donors (Lipinski definition) is 2. The molecule has 0 radical (unpaired) electrons. The summed E-state index contributed by atoms with van der Waals surface area (Å²) in [6.07, 6.45) is 1.80. The molecule has 0 aliphatic heterocycles. The molecule has 0 amide bonds. The van der Waals surface area contributed by atoms with E-state index in [0.29, 0.717) is 25.6 Å². The van der Waals surface area contributed by atoms with Crippen LogP contribution in [-0.4, -0.2) is 31.8 Å². The Bertz CT molecular complexity index is 448. The Hall–Kier alpha value is -1.89. The van der Waals surface area contributed by atoms with Crippen molar-refractivity contribution in [2.45, 2.75) is 20.0 Å². The Morgan fingerprint density at radius 2 is 2.44 bits per heavy atom. The van der Waals surface area contributed by atoms with E-state index in [-0.39, 0.29) is 0 Å². The van der Waals surface area contributed by atoms with Crippen LogP contribution >= 0.6 is 0 Å². The van der Waals surface area contributed by atoms with Crippen LogP contribution < -0.4 is 10.5 Å². The lowest BCUT2D eigenvalue weighted by Crippen LogP contribution is -2.08. The first-order chi connectivity index (χ1) is 7.78. The number of hydrogen-bond acceptors (Lipinski definition) is 5. The van der Waals surface area contributed by atoms with Crippen LogP contribution in [0.15, 0.2) is 12.3 Å². The van der Waals surface area contributed by atoms with Gasteiger partial charge in [-0.25, -0.2) is 4.68 Å². The standard InChI is InChI=1S/C9H14N6O/c1-7-4-9(13-11-7)16-3-2-15-6-8(5-10)12-14-15/h4,6H,2-3,5,10H2,1H3,(H,11,13). The summed E-state index contributed by atoms with van der Waals surface area (Å²) in [6.45, 7) is 3.45. The molecular formula is C9H14N6O. The first kappa shape index (κ1) is 10.6. The fourth-order valence-corrected chi connectivity index (χ4v) is 1.25. The highest BCUT2D eigenvalue weighted by molar-refractivity contribution is 5.11. The predicted octanol–water partition coefficient (Wildman–Crippen LogP) is -0.153. The molecule has 7 heteroatoms. The lowest BCUT2D eigenvalue weighted by molar-refractivity contribution is 0.279. The molecule has 0 spiro atoms. The lowest BCUT2D eigenvalue weighted by atomic mass is 10.5. The average Bonchev–Trinajstić information content (AvgIpc) is 2.88. The van der Waals surface area contributed by atoms with Crippen LogP contribution in [0.3, 0.4) is 0 Å². The zero-order chi connectivity index (χ0) is 11.4. The molecule has 0 atom stereocenters. The van der Waals surface area contributed by atoms with Crippen molar-refractivity contribution in [3.05, 3.63) is 23.7 Å². The van der Waals surface area contributed by atoms with Gasteiger partial charge in [-0.2, -0.15) is 0 Å². The second-order valence-corrected chi connectivity index (χ2v) is 3.41. The Labute approximate surface area is 92.6 Å². The molecule has 7 nitrogen and oxygen atoms in total. The fraction of sp³-hybridized carbons (Fsp3) is 0.444. The van der Waals surface area contributed by atoms with Gasteiger partial charge in [-0.05, 0) is 6.92 Å². The highest BCUT2D eigenvalue weighted by atomic mass is 16.5. The molecule has 0 aromatic carbocycles. The van der Waals surface area contributed by atoms with Crippen LogP contribution in [-0.2, 0) is 13.1 Å².